The highest BCUT2D eigenvalue weighted by Crippen LogP contribution is 2.22. The summed E-state index contributed by atoms with van der Waals surface area (Å²) in [5, 5.41) is 4.39. The molecule has 0 bridgehead atoms. The Kier molecular flexibility index (Phi) is 6.51. The number of benzene rings is 1. The Balaban J connectivity index is 1.52. The van der Waals surface area contributed by atoms with Crippen molar-refractivity contribution in [3.63, 3.8) is 0 Å². The summed E-state index contributed by atoms with van der Waals surface area (Å²) in [6.45, 7) is 3.70. The zero-order valence-corrected chi connectivity index (χ0v) is 17.3. The Morgan fingerprint density at radius 3 is 2.50 bits per heavy atom. The molecule has 1 saturated heterocycles. The van der Waals surface area contributed by atoms with Gasteiger partial charge in [-0.1, -0.05) is 30.3 Å². The van der Waals surface area contributed by atoms with Crippen molar-refractivity contribution in [2.24, 2.45) is 5.92 Å². The number of piperidine rings is 1. The minimum Gasteiger partial charge on any atom is -0.341 e. The zero-order chi connectivity index (χ0) is 20.1. The molecule has 0 spiro atoms. The van der Waals surface area contributed by atoms with Gasteiger partial charge in [-0.15, -0.1) is 0 Å². The Bertz CT molecular complexity index is 887. The summed E-state index contributed by atoms with van der Waals surface area (Å²) in [6.07, 6.45) is 4.92. The summed E-state index contributed by atoms with van der Waals surface area (Å²) in [7, 11) is -1.37. The van der Waals surface area contributed by atoms with Crippen LogP contribution in [0.15, 0.2) is 42.7 Å². The molecule has 2 heterocycles. The van der Waals surface area contributed by atoms with Crippen molar-refractivity contribution in [1.29, 1.82) is 0 Å². The number of amides is 1. The SMILES string of the molecule is CCS(=O)(=O)N1CCC(C(=O)N(C)Cc2cnn(Cc3ccccc3)c2)CC1. The van der Waals surface area contributed by atoms with Crippen molar-refractivity contribution in [2.75, 3.05) is 25.9 Å². The number of carbonyl (C=O) groups excluding carboxylic acids is 1. The van der Waals surface area contributed by atoms with E-state index in [4.69, 9.17) is 0 Å². The van der Waals surface area contributed by atoms with Gasteiger partial charge in [0.2, 0.25) is 15.9 Å². The van der Waals surface area contributed by atoms with Gasteiger partial charge in [0.15, 0.2) is 0 Å². The first-order chi connectivity index (χ1) is 13.4. The van der Waals surface area contributed by atoms with Crippen molar-refractivity contribution in [1.82, 2.24) is 19.0 Å². The van der Waals surface area contributed by atoms with Gasteiger partial charge in [0.1, 0.15) is 0 Å². The van der Waals surface area contributed by atoms with E-state index in [1.807, 2.05) is 29.1 Å². The molecule has 1 aromatic carbocycles. The molecule has 1 aliphatic rings. The molecule has 2 aromatic rings. The molecule has 0 atom stereocenters. The molecular formula is C20H28N4O3S. The Morgan fingerprint density at radius 2 is 1.86 bits per heavy atom. The maximum absolute atomic E-state index is 12.8. The van der Waals surface area contributed by atoms with Gasteiger partial charge >= 0.3 is 0 Å². The number of hydrogen-bond acceptors (Lipinski definition) is 4. The fourth-order valence-corrected chi connectivity index (χ4v) is 4.70. The third kappa shape index (κ3) is 4.99. The normalized spacial score (nSPS) is 16.2. The van der Waals surface area contributed by atoms with Crippen LogP contribution in [0.4, 0.5) is 0 Å². The van der Waals surface area contributed by atoms with Crippen LogP contribution in [0.1, 0.15) is 30.9 Å². The average Bonchev–Trinajstić information content (AvgIpc) is 3.15. The maximum Gasteiger partial charge on any atom is 0.225 e. The van der Waals surface area contributed by atoms with Crippen LogP contribution in [0.5, 0.6) is 0 Å². The molecule has 0 N–H and O–H groups in total. The van der Waals surface area contributed by atoms with E-state index in [1.165, 1.54) is 9.87 Å². The second kappa shape index (κ2) is 8.87. The predicted octanol–water partition coefficient (Wildman–Crippen LogP) is 1.95. The first kappa shape index (κ1) is 20.5. The van der Waals surface area contributed by atoms with Crippen LogP contribution in [0, 0.1) is 5.92 Å². The molecule has 0 radical (unpaired) electrons. The highest BCUT2D eigenvalue weighted by molar-refractivity contribution is 7.89. The lowest BCUT2D eigenvalue weighted by molar-refractivity contribution is -0.135. The van der Waals surface area contributed by atoms with Crippen molar-refractivity contribution >= 4 is 15.9 Å². The zero-order valence-electron chi connectivity index (χ0n) is 16.5. The van der Waals surface area contributed by atoms with E-state index >= 15 is 0 Å². The number of carbonyl (C=O) groups is 1. The van der Waals surface area contributed by atoms with E-state index in [1.54, 1.807) is 25.1 Å². The minimum atomic E-state index is -3.16. The van der Waals surface area contributed by atoms with Crippen LogP contribution in [0.3, 0.4) is 0 Å². The van der Waals surface area contributed by atoms with E-state index in [9.17, 15) is 13.2 Å². The van der Waals surface area contributed by atoms with E-state index < -0.39 is 10.0 Å². The average molecular weight is 405 g/mol. The molecule has 7 nitrogen and oxygen atoms in total. The molecule has 1 aliphatic heterocycles. The van der Waals surface area contributed by atoms with Gasteiger partial charge in [0.05, 0.1) is 18.5 Å². The molecule has 1 amide bonds. The third-order valence-corrected chi connectivity index (χ3v) is 7.11. The number of aromatic nitrogens is 2. The molecule has 8 heteroatoms. The highest BCUT2D eigenvalue weighted by atomic mass is 32.2. The largest absolute Gasteiger partial charge is 0.341 e. The fraction of sp³-hybridized carbons (Fsp3) is 0.500. The number of sulfonamides is 1. The Morgan fingerprint density at radius 1 is 1.18 bits per heavy atom. The summed E-state index contributed by atoms with van der Waals surface area (Å²) in [5.74, 6) is 0.0652. The first-order valence-electron chi connectivity index (χ1n) is 9.67. The smallest absolute Gasteiger partial charge is 0.225 e. The van der Waals surface area contributed by atoms with Gasteiger partial charge in [-0.25, -0.2) is 12.7 Å². The lowest BCUT2D eigenvalue weighted by atomic mass is 9.96. The van der Waals surface area contributed by atoms with E-state index in [0.717, 1.165) is 5.56 Å². The van der Waals surface area contributed by atoms with Crippen LogP contribution in [0.2, 0.25) is 0 Å². The van der Waals surface area contributed by atoms with Crippen LogP contribution in [0.25, 0.3) is 0 Å². The second-order valence-electron chi connectivity index (χ2n) is 7.30. The monoisotopic (exact) mass is 404 g/mol. The van der Waals surface area contributed by atoms with Crippen molar-refractivity contribution in [2.45, 2.75) is 32.9 Å². The first-order valence-corrected chi connectivity index (χ1v) is 11.3. The molecule has 3 rings (SSSR count). The molecule has 0 unspecified atom stereocenters. The quantitative estimate of drug-likeness (QED) is 0.707. The van der Waals surface area contributed by atoms with Crippen LogP contribution >= 0.6 is 0 Å². The molecule has 1 fully saturated rings. The molecule has 1 aromatic heterocycles. The van der Waals surface area contributed by atoms with Crippen LogP contribution < -0.4 is 0 Å². The Labute approximate surface area is 167 Å². The summed E-state index contributed by atoms with van der Waals surface area (Å²) < 4.78 is 27.3. The van der Waals surface area contributed by atoms with Crippen molar-refractivity contribution in [3.8, 4) is 0 Å². The van der Waals surface area contributed by atoms with Crippen LogP contribution in [-0.4, -0.2) is 59.2 Å². The molecule has 0 saturated carbocycles. The summed E-state index contributed by atoms with van der Waals surface area (Å²) in [5.41, 5.74) is 2.16. The standard InChI is InChI=1S/C20H28N4O3S/c1-3-28(26,27)24-11-9-19(10-12-24)20(25)22(2)14-18-13-21-23(16-18)15-17-7-5-4-6-8-17/h4-8,13,16,19H,3,9-12,14-15H2,1-2H3. The maximum atomic E-state index is 12.8. The van der Waals surface area contributed by atoms with Gasteiger partial charge in [0, 0.05) is 44.4 Å². The molecule has 0 aliphatic carbocycles. The van der Waals surface area contributed by atoms with Gasteiger partial charge in [-0.3, -0.25) is 9.48 Å². The van der Waals surface area contributed by atoms with E-state index in [0.29, 0.717) is 39.0 Å². The molecular weight excluding hydrogens is 376 g/mol. The van der Waals surface area contributed by atoms with Gasteiger partial charge in [-0.05, 0) is 25.3 Å². The highest BCUT2D eigenvalue weighted by Gasteiger charge is 2.31. The van der Waals surface area contributed by atoms with E-state index in [2.05, 4.69) is 17.2 Å². The lowest BCUT2D eigenvalue weighted by Gasteiger charge is -2.32. The lowest BCUT2D eigenvalue weighted by Crippen LogP contribution is -2.43. The summed E-state index contributed by atoms with van der Waals surface area (Å²) in [6, 6.07) is 10.1. The molecule has 152 valence electrons. The number of rotatable bonds is 7. The summed E-state index contributed by atoms with van der Waals surface area (Å²) in [4.78, 5) is 14.5. The fourth-order valence-electron chi connectivity index (χ4n) is 3.57. The topological polar surface area (TPSA) is 75.5 Å². The van der Waals surface area contributed by atoms with Gasteiger partial charge in [0.25, 0.3) is 0 Å². The summed E-state index contributed by atoms with van der Waals surface area (Å²) >= 11 is 0. The number of nitrogens with zero attached hydrogens (tertiary/aromatic N) is 4. The van der Waals surface area contributed by atoms with Gasteiger partial charge < -0.3 is 4.90 Å². The van der Waals surface area contributed by atoms with Crippen molar-refractivity contribution in [3.05, 3.63) is 53.9 Å². The van der Waals surface area contributed by atoms with Crippen molar-refractivity contribution < 1.29 is 13.2 Å². The number of hydrogen-bond donors (Lipinski definition) is 0. The second-order valence-corrected chi connectivity index (χ2v) is 9.56. The Hall–Kier alpha value is -2.19. The predicted molar refractivity (Wildman–Crippen MR) is 108 cm³/mol. The molecule has 28 heavy (non-hydrogen) atoms. The third-order valence-electron chi connectivity index (χ3n) is 5.23. The van der Waals surface area contributed by atoms with Crippen LogP contribution in [-0.2, 0) is 27.9 Å². The van der Waals surface area contributed by atoms with Gasteiger partial charge in [-0.2, -0.15) is 5.10 Å². The van der Waals surface area contributed by atoms with E-state index in [-0.39, 0.29) is 17.6 Å². The minimum absolute atomic E-state index is 0.0735.